The molecule has 158 valence electrons. The Kier molecular flexibility index (Phi) is 5.90. The predicted molar refractivity (Wildman–Crippen MR) is 117 cm³/mol. The highest BCUT2D eigenvalue weighted by Gasteiger charge is 2.33. The van der Waals surface area contributed by atoms with Crippen molar-refractivity contribution in [3.63, 3.8) is 0 Å². The van der Waals surface area contributed by atoms with E-state index in [2.05, 4.69) is 39.3 Å². The molecule has 30 heavy (non-hydrogen) atoms. The highest BCUT2D eigenvalue weighted by atomic mass is 35.5. The van der Waals surface area contributed by atoms with Gasteiger partial charge in [-0.1, -0.05) is 23.7 Å². The summed E-state index contributed by atoms with van der Waals surface area (Å²) in [4.78, 5) is 9.19. The number of anilines is 3. The predicted octanol–water partition coefficient (Wildman–Crippen LogP) is 5.98. The van der Waals surface area contributed by atoms with Crippen LogP contribution in [0.2, 0.25) is 5.02 Å². The molecule has 0 aliphatic carbocycles. The van der Waals surface area contributed by atoms with Crippen molar-refractivity contribution < 1.29 is 13.2 Å². The third-order valence-corrected chi connectivity index (χ3v) is 6.15. The molecule has 0 spiro atoms. The van der Waals surface area contributed by atoms with Gasteiger partial charge in [-0.05, 0) is 37.4 Å². The van der Waals surface area contributed by atoms with E-state index in [1.165, 1.54) is 29.2 Å². The van der Waals surface area contributed by atoms with Crippen LogP contribution in [0.3, 0.4) is 0 Å². The zero-order chi connectivity index (χ0) is 21.3. The molecule has 0 amide bonds. The quantitative estimate of drug-likeness (QED) is 0.527. The number of likely N-dealkylation sites (N-methyl/N-ethyl adjacent to an activating group) is 1. The van der Waals surface area contributed by atoms with Crippen LogP contribution in [0.1, 0.15) is 5.56 Å². The molecule has 3 aromatic rings. The topological polar surface area (TPSA) is 31.4 Å². The van der Waals surface area contributed by atoms with E-state index in [0.29, 0.717) is 5.13 Å². The summed E-state index contributed by atoms with van der Waals surface area (Å²) < 4.78 is 39.1. The summed E-state index contributed by atoms with van der Waals surface area (Å²) in [5, 5.41) is 5.01. The number of halogens is 4. The molecule has 1 N–H and O–H groups in total. The first-order valence-electron chi connectivity index (χ1n) is 9.43. The van der Waals surface area contributed by atoms with Gasteiger partial charge in [0.1, 0.15) is 0 Å². The fraction of sp³-hybridized carbons (Fsp3) is 0.286. The fourth-order valence-electron chi connectivity index (χ4n) is 3.32. The normalized spacial score (nSPS) is 15.4. The molecular weight excluding hydrogens is 433 g/mol. The van der Waals surface area contributed by atoms with E-state index < -0.39 is 11.7 Å². The van der Waals surface area contributed by atoms with Crippen LogP contribution in [0.5, 0.6) is 0 Å². The minimum Gasteiger partial charge on any atom is -0.369 e. The maximum atomic E-state index is 13.0. The number of benzene rings is 2. The van der Waals surface area contributed by atoms with Gasteiger partial charge in [0.2, 0.25) is 0 Å². The molecule has 1 aliphatic rings. The number of hydrogen-bond donors (Lipinski definition) is 1. The summed E-state index contributed by atoms with van der Waals surface area (Å²) in [5.41, 5.74) is 2.34. The average Bonchev–Trinajstić information content (AvgIpc) is 3.18. The lowest BCUT2D eigenvalue weighted by Gasteiger charge is -2.34. The molecule has 0 atom stereocenters. The summed E-state index contributed by atoms with van der Waals surface area (Å²) in [6, 6.07) is 12.0. The highest BCUT2D eigenvalue weighted by molar-refractivity contribution is 7.14. The second-order valence-electron chi connectivity index (χ2n) is 7.19. The Hall–Kier alpha value is -2.29. The van der Waals surface area contributed by atoms with Gasteiger partial charge in [0.15, 0.2) is 5.13 Å². The van der Waals surface area contributed by atoms with Crippen molar-refractivity contribution >= 4 is 39.4 Å². The molecule has 4 rings (SSSR count). The van der Waals surface area contributed by atoms with Gasteiger partial charge in [-0.2, -0.15) is 13.2 Å². The van der Waals surface area contributed by atoms with Crippen molar-refractivity contribution in [1.82, 2.24) is 9.88 Å². The molecule has 0 bridgehead atoms. The summed E-state index contributed by atoms with van der Waals surface area (Å²) in [5.74, 6) is 0. The van der Waals surface area contributed by atoms with Crippen LogP contribution in [0.4, 0.5) is 29.7 Å². The lowest BCUT2D eigenvalue weighted by molar-refractivity contribution is -0.137. The van der Waals surface area contributed by atoms with Crippen LogP contribution in [-0.2, 0) is 6.18 Å². The Morgan fingerprint density at radius 3 is 2.40 bits per heavy atom. The van der Waals surface area contributed by atoms with Gasteiger partial charge in [0.05, 0.1) is 16.3 Å². The third kappa shape index (κ3) is 4.71. The Morgan fingerprint density at radius 2 is 1.73 bits per heavy atom. The molecule has 0 unspecified atom stereocenters. The van der Waals surface area contributed by atoms with Gasteiger partial charge in [0, 0.05) is 48.5 Å². The minimum absolute atomic E-state index is 0.290. The van der Waals surface area contributed by atoms with Crippen molar-refractivity contribution in [3.8, 4) is 11.3 Å². The van der Waals surface area contributed by atoms with E-state index in [1.54, 1.807) is 0 Å². The number of hydrogen-bond acceptors (Lipinski definition) is 5. The fourth-order valence-corrected chi connectivity index (χ4v) is 4.28. The van der Waals surface area contributed by atoms with E-state index in [4.69, 9.17) is 11.6 Å². The smallest absolute Gasteiger partial charge is 0.369 e. The molecule has 4 nitrogen and oxygen atoms in total. The van der Waals surface area contributed by atoms with E-state index in [1.807, 2.05) is 17.5 Å². The van der Waals surface area contributed by atoms with Gasteiger partial charge >= 0.3 is 6.18 Å². The van der Waals surface area contributed by atoms with E-state index in [-0.39, 0.29) is 10.7 Å². The highest BCUT2D eigenvalue weighted by Crippen LogP contribution is 2.37. The minimum atomic E-state index is -4.51. The van der Waals surface area contributed by atoms with Gasteiger partial charge in [-0.15, -0.1) is 11.3 Å². The molecular formula is C21H20ClF3N4S. The first-order valence-corrected chi connectivity index (χ1v) is 10.7. The number of piperazine rings is 1. The van der Waals surface area contributed by atoms with Gasteiger partial charge in [-0.25, -0.2) is 4.98 Å². The van der Waals surface area contributed by atoms with Crippen molar-refractivity contribution in [2.75, 3.05) is 43.4 Å². The molecule has 1 aliphatic heterocycles. The number of nitrogens with zero attached hydrogens (tertiary/aromatic N) is 3. The van der Waals surface area contributed by atoms with Gasteiger partial charge in [0.25, 0.3) is 0 Å². The van der Waals surface area contributed by atoms with Crippen molar-refractivity contribution in [3.05, 3.63) is 58.4 Å². The zero-order valence-corrected chi connectivity index (χ0v) is 17.8. The van der Waals surface area contributed by atoms with Crippen LogP contribution < -0.4 is 10.2 Å². The second-order valence-corrected chi connectivity index (χ2v) is 8.46. The van der Waals surface area contributed by atoms with Crippen LogP contribution in [-0.4, -0.2) is 43.1 Å². The summed E-state index contributed by atoms with van der Waals surface area (Å²) >= 11 is 7.01. The molecule has 1 aromatic heterocycles. The zero-order valence-electron chi connectivity index (χ0n) is 16.2. The molecule has 2 aromatic carbocycles. The first-order chi connectivity index (χ1) is 14.3. The summed E-state index contributed by atoms with van der Waals surface area (Å²) in [6.07, 6.45) is -4.51. The van der Waals surface area contributed by atoms with Crippen LogP contribution in [0.25, 0.3) is 11.3 Å². The summed E-state index contributed by atoms with van der Waals surface area (Å²) in [6.45, 7) is 4.09. The molecule has 1 saturated heterocycles. The lowest BCUT2D eigenvalue weighted by Crippen LogP contribution is -2.44. The number of thiazole rings is 1. The maximum absolute atomic E-state index is 13.0. The Morgan fingerprint density at radius 1 is 1.03 bits per heavy atom. The average molecular weight is 453 g/mol. The Labute approximate surface area is 181 Å². The van der Waals surface area contributed by atoms with Crippen molar-refractivity contribution in [1.29, 1.82) is 0 Å². The van der Waals surface area contributed by atoms with E-state index in [0.717, 1.165) is 43.5 Å². The lowest BCUT2D eigenvalue weighted by atomic mass is 10.1. The largest absolute Gasteiger partial charge is 0.417 e. The van der Waals surface area contributed by atoms with Gasteiger partial charge in [-0.3, -0.25) is 0 Å². The maximum Gasteiger partial charge on any atom is 0.417 e. The number of alkyl halides is 3. The Bertz CT molecular complexity index is 1010. The number of rotatable bonds is 4. The van der Waals surface area contributed by atoms with Crippen molar-refractivity contribution in [2.45, 2.75) is 6.18 Å². The standard InChI is InChI=1S/C21H20ClF3N4S/c1-28-8-10-29(11-9-28)16-5-2-14(3-6-16)19-13-30-20(27-19)26-15-4-7-18(22)17(12-15)21(23,24)25/h2-7,12-13H,8-11H2,1H3,(H,26,27). The first kappa shape index (κ1) is 21.0. The summed E-state index contributed by atoms with van der Waals surface area (Å²) in [7, 11) is 2.13. The van der Waals surface area contributed by atoms with Crippen LogP contribution in [0, 0.1) is 0 Å². The number of aromatic nitrogens is 1. The molecule has 0 radical (unpaired) electrons. The number of nitrogens with one attached hydrogen (secondary N) is 1. The monoisotopic (exact) mass is 452 g/mol. The second kappa shape index (κ2) is 8.45. The van der Waals surface area contributed by atoms with Gasteiger partial charge < -0.3 is 15.1 Å². The third-order valence-electron chi connectivity index (χ3n) is 5.06. The van der Waals surface area contributed by atoms with Crippen LogP contribution >= 0.6 is 22.9 Å². The van der Waals surface area contributed by atoms with Crippen molar-refractivity contribution in [2.24, 2.45) is 0 Å². The van der Waals surface area contributed by atoms with E-state index in [9.17, 15) is 13.2 Å². The SMILES string of the molecule is CN1CCN(c2ccc(-c3csc(Nc4ccc(Cl)c(C(F)(F)F)c4)n3)cc2)CC1. The molecule has 1 fully saturated rings. The molecule has 2 heterocycles. The van der Waals surface area contributed by atoms with E-state index >= 15 is 0 Å². The molecule has 9 heteroatoms. The molecule has 0 saturated carbocycles. The Balaban J connectivity index is 1.47. The van der Waals surface area contributed by atoms with Crippen LogP contribution in [0.15, 0.2) is 47.8 Å².